The number of aliphatic hydroxyl groups excluding tert-OH is 5. The second-order valence-corrected chi connectivity index (χ2v) is 32.3. The van der Waals surface area contributed by atoms with Gasteiger partial charge < -0.3 is 102 Å². The molecule has 0 aromatic carbocycles. The van der Waals surface area contributed by atoms with Crippen molar-refractivity contribution in [3.8, 4) is 0 Å². The van der Waals surface area contributed by atoms with Gasteiger partial charge in [0.15, 0.2) is 12.6 Å². The monoisotopic (exact) mass is 1410 g/mol. The van der Waals surface area contributed by atoms with Crippen LogP contribution in [0.2, 0.25) is 0 Å². The Kier molecular flexibility index (Phi) is 20.4. The summed E-state index contributed by atoms with van der Waals surface area (Å²) in [4.78, 5) is 0. The Bertz CT molecular complexity index is 3100. The van der Waals surface area contributed by atoms with E-state index in [9.17, 15) is 56.6 Å². The van der Waals surface area contributed by atoms with Crippen molar-refractivity contribution in [3.63, 3.8) is 0 Å². The molecule has 96 heavy (non-hydrogen) atoms. The standard InChI is InChI=1S/C65H98O29S2/c1-10-11-30(2)12-15-61(5,71)57-32(4)20-41-40(86-57)26-50-65(9,92-41)58(90-60-54(70)52(68)46(88-60)29-78-59-53(69)51(67)45(28-66)87-59)56-44(85-50)24-43-55(89-56)31(3)13-16-63(7)48(84-43)27-47-64(8,94-63)17-14-33-34(83-47)21-36-35(80-33)22-37-38(81-36)23-42-39(82-37)25-49(93-96(75,76)77)62(6,91-42)18-19-79-95(72,73)74/h10,12,15,31,33-60,66-71H,1-2,4,11,13-14,16-29H2,3,5-9H3,(H,72,73,74)(H,75,76,77). The Balaban J connectivity index is 0.713. The Morgan fingerprint density at radius 2 is 1.22 bits per heavy atom. The summed E-state index contributed by atoms with van der Waals surface area (Å²) in [6.07, 6.45) is -12.9. The Morgan fingerprint density at radius 1 is 0.646 bits per heavy atom. The summed E-state index contributed by atoms with van der Waals surface area (Å²) >= 11 is 0. The molecule has 13 aliphatic rings. The second-order valence-electron chi connectivity index (χ2n) is 30.2. The molecule has 13 aliphatic heterocycles. The lowest BCUT2D eigenvalue weighted by Gasteiger charge is -2.61. The summed E-state index contributed by atoms with van der Waals surface area (Å²) in [5, 5.41) is 65.8. The maximum absolute atomic E-state index is 12.0. The zero-order valence-corrected chi connectivity index (χ0v) is 56.7. The van der Waals surface area contributed by atoms with Gasteiger partial charge in [-0.1, -0.05) is 43.9 Å². The molecule has 8 N–H and O–H groups in total. The Labute approximate surface area is 560 Å². The fourth-order valence-corrected chi connectivity index (χ4v) is 18.7. The molecule has 0 aromatic rings. The number of fused-ring (bicyclic) bond motifs is 10. The number of allylic oxidation sites excluding steroid dienone is 3. The van der Waals surface area contributed by atoms with Crippen molar-refractivity contribution in [2.45, 2.75) is 331 Å². The molecular weight excluding hydrogens is 1310 g/mol. The first-order valence-corrected chi connectivity index (χ1v) is 36.7. The number of hydrogen-bond acceptors (Lipinski definition) is 27. The third-order valence-electron chi connectivity index (χ3n) is 23.1. The third-order valence-corrected chi connectivity index (χ3v) is 24.1. The Hall–Kier alpha value is -2.14. The fourth-order valence-electron chi connectivity index (χ4n) is 17.8. The van der Waals surface area contributed by atoms with E-state index in [0.717, 1.165) is 5.57 Å². The van der Waals surface area contributed by atoms with Gasteiger partial charge in [-0.3, -0.25) is 9.11 Å². The van der Waals surface area contributed by atoms with Crippen molar-refractivity contribution in [1.29, 1.82) is 0 Å². The molecule has 0 aromatic heterocycles. The maximum Gasteiger partial charge on any atom is 0.397 e. The lowest BCUT2D eigenvalue weighted by atomic mass is 9.72. The van der Waals surface area contributed by atoms with Crippen LogP contribution in [0.15, 0.2) is 49.1 Å². The number of ether oxygens (including phenoxy) is 15. The average molecular weight is 1410 g/mol. The summed E-state index contributed by atoms with van der Waals surface area (Å²) in [5.74, 6) is -0.0981. The van der Waals surface area contributed by atoms with Crippen molar-refractivity contribution in [1.82, 2.24) is 0 Å². The number of hydrogen-bond donors (Lipinski definition) is 8. The van der Waals surface area contributed by atoms with Gasteiger partial charge >= 0.3 is 20.8 Å². The molecule has 29 nitrogen and oxygen atoms in total. The van der Waals surface area contributed by atoms with Gasteiger partial charge in [-0.05, 0) is 84.6 Å². The zero-order chi connectivity index (χ0) is 68.6. The summed E-state index contributed by atoms with van der Waals surface area (Å²) in [5.41, 5.74) is -4.46. The summed E-state index contributed by atoms with van der Waals surface area (Å²) in [6.45, 7) is 22.1. The van der Waals surface area contributed by atoms with Crippen LogP contribution in [0.1, 0.15) is 131 Å². The molecule has 31 heteroatoms. The van der Waals surface area contributed by atoms with E-state index < -0.39 is 228 Å². The highest BCUT2D eigenvalue weighted by atomic mass is 32.3. The van der Waals surface area contributed by atoms with E-state index in [-0.39, 0.29) is 37.4 Å². The topological polar surface area (TPSA) is 387 Å². The highest BCUT2D eigenvalue weighted by Crippen LogP contribution is 2.55. The van der Waals surface area contributed by atoms with Crippen molar-refractivity contribution in [2.24, 2.45) is 5.92 Å². The van der Waals surface area contributed by atoms with Crippen molar-refractivity contribution >= 4 is 20.8 Å². The first-order valence-electron chi connectivity index (χ1n) is 34.0. The summed E-state index contributed by atoms with van der Waals surface area (Å²) in [7, 11) is -9.82. The fraction of sp³-hybridized carbons (Fsp3) is 0.877. The van der Waals surface area contributed by atoms with Crippen LogP contribution in [0.25, 0.3) is 0 Å². The first-order chi connectivity index (χ1) is 45.2. The van der Waals surface area contributed by atoms with Crippen molar-refractivity contribution in [3.05, 3.63) is 49.1 Å². The minimum absolute atomic E-state index is 0.0316. The largest absolute Gasteiger partial charge is 0.397 e. The van der Waals surface area contributed by atoms with E-state index in [1.807, 2.05) is 6.92 Å². The van der Waals surface area contributed by atoms with Gasteiger partial charge in [0.25, 0.3) is 0 Å². The van der Waals surface area contributed by atoms with Gasteiger partial charge in [0.2, 0.25) is 0 Å². The van der Waals surface area contributed by atoms with Gasteiger partial charge in [-0.2, -0.15) is 16.8 Å². The van der Waals surface area contributed by atoms with Crippen LogP contribution in [0, 0.1) is 5.92 Å². The molecule has 544 valence electrons. The first kappa shape index (κ1) is 72.2. The van der Waals surface area contributed by atoms with E-state index >= 15 is 0 Å². The van der Waals surface area contributed by atoms with Gasteiger partial charge in [0, 0.05) is 51.4 Å². The number of rotatable bonds is 17. The quantitative estimate of drug-likeness (QED) is 0.0586. The SMILES string of the molecule is C=CCC(=C)C=CC(C)(O)C1OC2CC3OC4CC5OC6CC7OC8CC9OC%10CC%11OC(C)(CCOS(=O)(=O)O)C(OS(=O)(=O)O)CC%11OC%10CC9OC8CCC7(C)OC6(C)CCC(C)C5OC4C(OC4OC(COC5OC(CO)C(O)C5O)C(O)C4O)C3(C)OC2CC1=C. The zero-order valence-electron chi connectivity index (χ0n) is 55.1. The molecule has 13 heterocycles. The molecule has 13 rings (SSSR count). The second kappa shape index (κ2) is 27.2. The van der Waals surface area contributed by atoms with E-state index in [0.29, 0.717) is 76.2 Å². The van der Waals surface area contributed by atoms with Gasteiger partial charge in [0.1, 0.15) is 72.2 Å². The minimum Gasteiger partial charge on any atom is -0.394 e. The molecule has 13 fully saturated rings. The lowest BCUT2D eigenvalue weighted by molar-refractivity contribution is -0.387. The highest BCUT2D eigenvalue weighted by Gasteiger charge is 2.67. The van der Waals surface area contributed by atoms with Crippen LogP contribution < -0.4 is 0 Å². The predicted octanol–water partition coefficient (Wildman–Crippen LogP) is 1.99. The van der Waals surface area contributed by atoms with E-state index in [2.05, 4.69) is 44.7 Å². The summed E-state index contributed by atoms with van der Waals surface area (Å²) < 4.78 is 177. The molecule has 13 saturated heterocycles. The van der Waals surface area contributed by atoms with Crippen molar-refractivity contribution in [2.75, 3.05) is 19.8 Å². The minimum atomic E-state index is -4.99. The van der Waals surface area contributed by atoms with Crippen LogP contribution >= 0.6 is 0 Å². The normalized spacial score (nSPS) is 51.6. The van der Waals surface area contributed by atoms with Crippen molar-refractivity contribution < 1.29 is 136 Å². The maximum atomic E-state index is 12.0. The number of aliphatic hydroxyl groups is 6. The van der Waals surface area contributed by atoms with Gasteiger partial charge in [0.05, 0.1) is 134 Å². The lowest BCUT2D eigenvalue weighted by Crippen LogP contribution is -2.75. The van der Waals surface area contributed by atoms with Gasteiger partial charge in [-0.25, -0.2) is 8.37 Å². The third kappa shape index (κ3) is 14.2. The molecule has 34 atom stereocenters. The molecule has 0 radical (unpaired) electrons. The van der Waals surface area contributed by atoms with E-state index in [1.54, 1.807) is 25.2 Å². The van der Waals surface area contributed by atoms with Gasteiger partial charge in [-0.15, -0.1) is 6.58 Å². The van der Waals surface area contributed by atoms with Crippen LogP contribution in [-0.4, -0.2) is 276 Å². The van der Waals surface area contributed by atoms with Crippen LogP contribution in [-0.2, 0) is 100 Å². The van der Waals surface area contributed by atoms with Crippen LogP contribution in [0.4, 0.5) is 0 Å². The summed E-state index contributed by atoms with van der Waals surface area (Å²) in [6, 6.07) is 0. The van der Waals surface area contributed by atoms with Crippen LogP contribution in [0.3, 0.4) is 0 Å². The van der Waals surface area contributed by atoms with E-state index in [4.69, 9.17) is 75.2 Å². The molecule has 0 amide bonds. The predicted molar refractivity (Wildman–Crippen MR) is 329 cm³/mol. The highest BCUT2D eigenvalue weighted by molar-refractivity contribution is 7.81. The molecule has 0 bridgehead atoms. The molecule has 0 saturated carbocycles. The average Bonchev–Trinajstić information content (AvgIpc) is 1.21. The molecule has 34 unspecified atom stereocenters. The Morgan fingerprint density at radius 3 is 1.88 bits per heavy atom. The molecule has 0 aliphatic carbocycles. The van der Waals surface area contributed by atoms with E-state index in [1.165, 1.54) is 6.92 Å². The smallest absolute Gasteiger partial charge is 0.394 e. The molecular formula is C65H98O29S2. The van der Waals surface area contributed by atoms with Crippen LogP contribution in [0.5, 0.6) is 0 Å². The molecule has 0 spiro atoms.